The molecule has 0 bridgehead atoms. The Labute approximate surface area is 105 Å². The van der Waals surface area contributed by atoms with Gasteiger partial charge in [0.1, 0.15) is 0 Å². The second kappa shape index (κ2) is 5.64. The third-order valence-electron chi connectivity index (χ3n) is 2.92. The molecule has 1 unspecified atom stereocenters. The summed E-state index contributed by atoms with van der Waals surface area (Å²) in [6.45, 7) is 5.07. The largest absolute Gasteiger partial charge is 0.477 e. The minimum absolute atomic E-state index is 0.758. The predicted molar refractivity (Wildman–Crippen MR) is 67.8 cm³/mol. The summed E-state index contributed by atoms with van der Waals surface area (Å²) in [6, 6.07) is 2.03. The maximum Gasteiger partial charge on any atom is 0.216 e. The van der Waals surface area contributed by atoms with Crippen LogP contribution in [0.4, 0.5) is 0 Å². The smallest absolute Gasteiger partial charge is 0.216 e. The highest BCUT2D eigenvalue weighted by Gasteiger charge is 2.14. The third-order valence-corrected chi connectivity index (χ3v) is 3.36. The molecule has 2 heterocycles. The monoisotopic (exact) mass is 284 g/mol. The number of rotatable bonds is 4. The van der Waals surface area contributed by atoms with Crippen LogP contribution in [-0.4, -0.2) is 24.7 Å². The number of hydrogen-bond donors (Lipinski definition) is 1. The first-order chi connectivity index (χ1) is 7.75. The number of nitrogens with zero attached hydrogens (tertiary/aromatic N) is 1. The average molecular weight is 285 g/mol. The summed E-state index contributed by atoms with van der Waals surface area (Å²) in [5.74, 6) is 1.53. The van der Waals surface area contributed by atoms with Crippen molar-refractivity contribution in [2.45, 2.75) is 19.8 Å². The molecule has 1 aliphatic rings. The van der Waals surface area contributed by atoms with Crippen molar-refractivity contribution in [3.63, 3.8) is 0 Å². The van der Waals surface area contributed by atoms with Gasteiger partial charge in [-0.05, 0) is 60.8 Å². The molecule has 1 N–H and O–H groups in total. The van der Waals surface area contributed by atoms with Crippen LogP contribution in [0.3, 0.4) is 0 Å². The summed E-state index contributed by atoms with van der Waals surface area (Å²) in [4.78, 5) is 4.26. The van der Waals surface area contributed by atoms with Gasteiger partial charge in [-0.3, -0.25) is 0 Å². The number of ether oxygens (including phenoxy) is 1. The molecule has 1 saturated heterocycles. The van der Waals surface area contributed by atoms with Gasteiger partial charge in [-0.1, -0.05) is 0 Å². The number of hydrogen-bond acceptors (Lipinski definition) is 3. The van der Waals surface area contributed by atoms with Crippen molar-refractivity contribution in [3.05, 3.63) is 22.3 Å². The maximum atomic E-state index is 5.69. The van der Waals surface area contributed by atoms with Crippen LogP contribution in [0.1, 0.15) is 18.4 Å². The van der Waals surface area contributed by atoms with E-state index < -0.39 is 0 Å². The fourth-order valence-electron chi connectivity index (χ4n) is 1.96. The molecule has 1 aromatic rings. The number of pyridine rings is 1. The molecular formula is C12H17BrN2O. The van der Waals surface area contributed by atoms with E-state index >= 15 is 0 Å². The molecule has 0 aromatic carbocycles. The van der Waals surface area contributed by atoms with Crippen molar-refractivity contribution in [2.75, 3.05) is 19.7 Å². The van der Waals surface area contributed by atoms with E-state index in [1.165, 1.54) is 6.42 Å². The van der Waals surface area contributed by atoms with Gasteiger partial charge in [0.2, 0.25) is 5.88 Å². The molecule has 1 fully saturated rings. The van der Waals surface area contributed by atoms with E-state index in [4.69, 9.17) is 4.74 Å². The molecular weight excluding hydrogens is 268 g/mol. The van der Waals surface area contributed by atoms with Gasteiger partial charge in [0, 0.05) is 16.2 Å². The normalized spacial score (nSPS) is 20.0. The first kappa shape index (κ1) is 11.9. The highest BCUT2D eigenvalue weighted by atomic mass is 79.9. The molecule has 3 nitrogen and oxygen atoms in total. The Bertz CT molecular complexity index is 351. The van der Waals surface area contributed by atoms with E-state index in [1.54, 1.807) is 6.20 Å². The maximum absolute atomic E-state index is 5.69. The highest BCUT2D eigenvalue weighted by Crippen LogP contribution is 2.19. The fourth-order valence-corrected chi connectivity index (χ4v) is 2.41. The van der Waals surface area contributed by atoms with Crippen molar-refractivity contribution >= 4 is 15.9 Å². The quantitative estimate of drug-likeness (QED) is 0.923. The van der Waals surface area contributed by atoms with Gasteiger partial charge in [-0.15, -0.1) is 0 Å². The fraction of sp³-hybridized carbons (Fsp3) is 0.583. The number of nitrogens with one attached hydrogen (secondary N) is 1. The lowest BCUT2D eigenvalue weighted by Gasteiger charge is -2.10. The lowest BCUT2D eigenvalue weighted by Crippen LogP contribution is -2.12. The van der Waals surface area contributed by atoms with Crippen molar-refractivity contribution < 1.29 is 4.74 Å². The Kier molecular flexibility index (Phi) is 4.18. The molecule has 1 atom stereocenters. The van der Waals surface area contributed by atoms with Gasteiger partial charge >= 0.3 is 0 Å². The average Bonchev–Trinajstić information content (AvgIpc) is 2.74. The van der Waals surface area contributed by atoms with Gasteiger partial charge in [0.05, 0.1) is 6.61 Å². The Morgan fingerprint density at radius 2 is 2.50 bits per heavy atom. The van der Waals surface area contributed by atoms with Crippen molar-refractivity contribution in [1.82, 2.24) is 10.3 Å². The molecule has 1 aliphatic heterocycles. The van der Waals surface area contributed by atoms with Gasteiger partial charge in [0.25, 0.3) is 0 Å². The molecule has 0 amide bonds. The first-order valence-electron chi connectivity index (χ1n) is 5.71. The van der Waals surface area contributed by atoms with E-state index in [9.17, 15) is 0 Å². The summed E-state index contributed by atoms with van der Waals surface area (Å²) in [5, 5.41) is 3.36. The van der Waals surface area contributed by atoms with Crippen LogP contribution < -0.4 is 10.1 Å². The zero-order valence-electron chi connectivity index (χ0n) is 9.50. The number of aromatic nitrogens is 1. The predicted octanol–water partition coefficient (Wildman–Crippen LogP) is 2.53. The Hall–Kier alpha value is -0.610. The van der Waals surface area contributed by atoms with Crippen LogP contribution in [0.5, 0.6) is 5.88 Å². The van der Waals surface area contributed by atoms with Gasteiger partial charge in [0.15, 0.2) is 0 Å². The summed E-state index contributed by atoms with van der Waals surface area (Å²) in [7, 11) is 0. The number of halogens is 1. The summed E-state index contributed by atoms with van der Waals surface area (Å²) < 4.78 is 6.69. The third kappa shape index (κ3) is 3.19. The highest BCUT2D eigenvalue weighted by molar-refractivity contribution is 9.10. The lowest BCUT2D eigenvalue weighted by molar-refractivity contribution is 0.272. The molecule has 16 heavy (non-hydrogen) atoms. The summed E-state index contributed by atoms with van der Waals surface area (Å²) >= 11 is 3.39. The molecule has 1 aromatic heterocycles. The zero-order chi connectivity index (χ0) is 11.4. The molecule has 88 valence electrons. The Morgan fingerprint density at radius 3 is 3.19 bits per heavy atom. The summed E-state index contributed by atoms with van der Waals surface area (Å²) in [5.41, 5.74) is 1.08. The van der Waals surface area contributed by atoms with E-state index in [1.807, 2.05) is 13.0 Å². The van der Waals surface area contributed by atoms with Crippen molar-refractivity contribution in [1.29, 1.82) is 0 Å². The first-order valence-corrected chi connectivity index (χ1v) is 6.50. The Morgan fingerprint density at radius 1 is 1.62 bits per heavy atom. The lowest BCUT2D eigenvalue weighted by atomic mass is 10.1. The van der Waals surface area contributed by atoms with Gasteiger partial charge in [-0.2, -0.15) is 0 Å². The van der Waals surface area contributed by atoms with Crippen LogP contribution >= 0.6 is 15.9 Å². The molecule has 0 radical (unpaired) electrons. The molecule has 2 rings (SSSR count). The molecule has 0 spiro atoms. The van der Waals surface area contributed by atoms with Crippen LogP contribution in [0, 0.1) is 12.8 Å². The second-order valence-electron chi connectivity index (χ2n) is 4.27. The standard InChI is InChI=1S/C12H17BrN2O/c1-9-6-11(13)8-15-12(9)16-5-3-10-2-4-14-7-10/h6,8,10,14H,2-5,7H2,1H3. The van der Waals surface area contributed by atoms with E-state index in [-0.39, 0.29) is 0 Å². The van der Waals surface area contributed by atoms with Crippen molar-refractivity contribution in [2.24, 2.45) is 5.92 Å². The minimum Gasteiger partial charge on any atom is -0.477 e. The topological polar surface area (TPSA) is 34.1 Å². The molecule has 0 saturated carbocycles. The van der Waals surface area contributed by atoms with Crippen LogP contribution in [0.15, 0.2) is 16.7 Å². The second-order valence-corrected chi connectivity index (χ2v) is 5.19. The van der Waals surface area contributed by atoms with Crippen LogP contribution in [0.2, 0.25) is 0 Å². The van der Waals surface area contributed by atoms with E-state index in [0.717, 1.165) is 48.0 Å². The summed E-state index contributed by atoms with van der Waals surface area (Å²) in [6.07, 6.45) is 4.17. The van der Waals surface area contributed by atoms with E-state index in [0.29, 0.717) is 0 Å². The number of aryl methyl sites for hydroxylation is 1. The van der Waals surface area contributed by atoms with Crippen LogP contribution in [0.25, 0.3) is 0 Å². The van der Waals surface area contributed by atoms with E-state index in [2.05, 4.69) is 26.2 Å². The molecule has 4 heteroatoms. The molecule has 0 aliphatic carbocycles. The van der Waals surface area contributed by atoms with Crippen LogP contribution in [-0.2, 0) is 0 Å². The minimum atomic E-state index is 0.758. The van der Waals surface area contributed by atoms with Gasteiger partial charge < -0.3 is 10.1 Å². The Balaban J connectivity index is 1.80. The SMILES string of the molecule is Cc1cc(Br)cnc1OCCC1CCNC1. The van der Waals surface area contributed by atoms with Crippen molar-refractivity contribution in [3.8, 4) is 5.88 Å². The zero-order valence-corrected chi connectivity index (χ0v) is 11.1. The van der Waals surface area contributed by atoms with Gasteiger partial charge in [-0.25, -0.2) is 4.98 Å².